The summed E-state index contributed by atoms with van der Waals surface area (Å²) in [7, 11) is 0. The molecule has 1 aliphatic rings. The number of nitro groups is 1. The van der Waals surface area contributed by atoms with Crippen molar-refractivity contribution < 1.29 is 14.5 Å². The molecule has 0 aromatic heterocycles. The first-order valence-corrected chi connectivity index (χ1v) is 6.80. The smallest absolute Gasteiger partial charge is 0.274 e. The minimum atomic E-state index is -1.05. The standard InChI is InChI=1S/C12H14BrN3O4/c13-7-3-8(16(18)19)5-10(4-7)20-9-1-2-12(15,6-9)11(14)17/h3-5,9H,1-2,6,15H2,(H2,14,17). The molecule has 2 rings (SSSR count). The number of nitrogens with zero attached hydrogens (tertiary/aromatic N) is 1. The van der Waals surface area contributed by atoms with E-state index in [0.29, 0.717) is 29.5 Å². The normalized spacial score (nSPS) is 25.4. The maximum absolute atomic E-state index is 11.3. The van der Waals surface area contributed by atoms with Gasteiger partial charge in [0.25, 0.3) is 5.69 Å². The highest BCUT2D eigenvalue weighted by Crippen LogP contribution is 2.33. The number of halogens is 1. The molecule has 1 fully saturated rings. The van der Waals surface area contributed by atoms with Gasteiger partial charge in [-0.05, 0) is 18.9 Å². The van der Waals surface area contributed by atoms with Crippen molar-refractivity contribution in [1.29, 1.82) is 0 Å². The topological polar surface area (TPSA) is 121 Å². The van der Waals surface area contributed by atoms with Crippen LogP contribution in [0, 0.1) is 10.1 Å². The fraction of sp³-hybridized carbons (Fsp3) is 0.417. The molecule has 0 aliphatic heterocycles. The summed E-state index contributed by atoms with van der Waals surface area (Å²) >= 11 is 3.19. The van der Waals surface area contributed by atoms with Crippen LogP contribution in [0.4, 0.5) is 5.69 Å². The molecule has 20 heavy (non-hydrogen) atoms. The molecule has 108 valence electrons. The van der Waals surface area contributed by atoms with Crippen LogP contribution in [-0.2, 0) is 4.79 Å². The molecule has 1 aromatic rings. The van der Waals surface area contributed by atoms with E-state index in [1.807, 2.05) is 0 Å². The SMILES string of the molecule is NC(=O)C1(N)CCC(Oc2cc(Br)cc([N+](=O)[O-])c2)C1. The van der Waals surface area contributed by atoms with Crippen molar-refractivity contribution in [2.45, 2.75) is 30.9 Å². The second kappa shape index (κ2) is 5.37. The fourth-order valence-corrected chi connectivity index (χ4v) is 2.73. The van der Waals surface area contributed by atoms with E-state index in [2.05, 4.69) is 15.9 Å². The number of hydrogen-bond donors (Lipinski definition) is 2. The number of carbonyl (C=O) groups is 1. The highest BCUT2D eigenvalue weighted by molar-refractivity contribution is 9.10. The van der Waals surface area contributed by atoms with Crippen LogP contribution in [-0.4, -0.2) is 22.5 Å². The predicted octanol–water partition coefficient (Wildman–Crippen LogP) is 1.47. The zero-order valence-electron chi connectivity index (χ0n) is 10.5. The average Bonchev–Trinajstić information content (AvgIpc) is 2.71. The van der Waals surface area contributed by atoms with E-state index in [9.17, 15) is 14.9 Å². The number of ether oxygens (including phenoxy) is 1. The molecule has 2 unspecified atom stereocenters. The first kappa shape index (κ1) is 14.7. The number of non-ortho nitro benzene ring substituents is 1. The zero-order valence-corrected chi connectivity index (χ0v) is 12.1. The number of carbonyl (C=O) groups excluding carboxylic acids is 1. The molecule has 1 saturated carbocycles. The third-order valence-corrected chi connectivity index (χ3v) is 3.82. The zero-order chi connectivity index (χ0) is 14.9. The van der Waals surface area contributed by atoms with E-state index in [1.54, 1.807) is 6.07 Å². The molecule has 7 nitrogen and oxygen atoms in total. The van der Waals surface area contributed by atoms with E-state index < -0.39 is 16.4 Å². The van der Waals surface area contributed by atoms with Gasteiger partial charge >= 0.3 is 0 Å². The van der Waals surface area contributed by atoms with E-state index >= 15 is 0 Å². The van der Waals surface area contributed by atoms with Gasteiger partial charge in [-0.15, -0.1) is 0 Å². The Balaban J connectivity index is 2.12. The summed E-state index contributed by atoms with van der Waals surface area (Å²) in [6.07, 6.45) is 1.06. The van der Waals surface area contributed by atoms with Crippen molar-refractivity contribution in [1.82, 2.24) is 0 Å². The van der Waals surface area contributed by atoms with Gasteiger partial charge in [-0.3, -0.25) is 14.9 Å². The lowest BCUT2D eigenvalue weighted by molar-refractivity contribution is -0.385. The quantitative estimate of drug-likeness (QED) is 0.633. The number of amides is 1. The van der Waals surface area contributed by atoms with Crippen LogP contribution in [0.25, 0.3) is 0 Å². The van der Waals surface area contributed by atoms with Crippen molar-refractivity contribution in [2.75, 3.05) is 0 Å². The van der Waals surface area contributed by atoms with Crippen LogP contribution in [0.1, 0.15) is 19.3 Å². The van der Waals surface area contributed by atoms with Gasteiger partial charge in [0.15, 0.2) is 0 Å². The Kier molecular flexibility index (Phi) is 3.96. The van der Waals surface area contributed by atoms with E-state index in [0.717, 1.165) is 0 Å². The number of hydrogen-bond acceptors (Lipinski definition) is 5. The lowest BCUT2D eigenvalue weighted by Crippen LogP contribution is -2.50. The number of nitrogens with two attached hydrogens (primary N) is 2. The van der Waals surface area contributed by atoms with Gasteiger partial charge in [0.1, 0.15) is 11.9 Å². The third-order valence-electron chi connectivity index (χ3n) is 3.36. The van der Waals surface area contributed by atoms with Gasteiger partial charge < -0.3 is 16.2 Å². The maximum atomic E-state index is 11.3. The number of benzene rings is 1. The van der Waals surface area contributed by atoms with Crippen molar-refractivity contribution in [2.24, 2.45) is 11.5 Å². The van der Waals surface area contributed by atoms with Gasteiger partial charge in [0.05, 0.1) is 16.5 Å². The second-order valence-corrected chi connectivity index (χ2v) is 5.82. The van der Waals surface area contributed by atoms with Crippen LogP contribution in [0.3, 0.4) is 0 Å². The molecular weight excluding hydrogens is 330 g/mol. The second-order valence-electron chi connectivity index (χ2n) is 4.91. The molecule has 8 heteroatoms. The Labute approximate surface area is 123 Å². The Morgan fingerprint density at radius 3 is 2.75 bits per heavy atom. The first-order chi connectivity index (χ1) is 9.30. The molecular formula is C12H14BrN3O4. The molecule has 0 bridgehead atoms. The number of rotatable bonds is 4. The molecule has 0 radical (unpaired) electrons. The van der Waals surface area contributed by atoms with Crippen LogP contribution in [0.5, 0.6) is 5.75 Å². The van der Waals surface area contributed by atoms with Gasteiger partial charge in [0, 0.05) is 17.0 Å². The van der Waals surface area contributed by atoms with Crippen molar-refractivity contribution in [3.8, 4) is 5.75 Å². The van der Waals surface area contributed by atoms with E-state index in [-0.39, 0.29) is 11.8 Å². The summed E-state index contributed by atoms with van der Waals surface area (Å²) < 4.78 is 6.22. The third kappa shape index (κ3) is 3.07. The molecule has 0 heterocycles. The highest BCUT2D eigenvalue weighted by atomic mass is 79.9. The lowest BCUT2D eigenvalue weighted by Gasteiger charge is -2.19. The van der Waals surface area contributed by atoms with Crippen LogP contribution in [0.2, 0.25) is 0 Å². The number of primary amides is 1. The fourth-order valence-electron chi connectivity index (χ4n) is 2.27. The number of nitro benzene ring substituents is 1. The molecule has 2 atom stereocenters. The molecule has 1 aliphatic carbocycles. The van der Waals surface area contributed by atoms with Gasteiger partial charge in [-0.1, -0.05) is 15.9 Å². The monoisotopic (exact) mass is 343 g/mol. The summed E-state index contributed by atoms with van der Waals surface area (Å²) in [6, 6.07) is 4.36. The van der Waals surface area contributed by atoms with Crippen molar-refractivity contribution >= 4 is 27.5 Å². The van der Waals surface area contributed by atoms with E-state index in [4.69, 9.17) is 16.2 Å². The minimum absolute atomic E-state index is 0.0683. The largest absolute Gasteiger partial charge is 0.490 e. The molecule has 4 N–H and O–H groups in total. The summed E-state index contributed by atoms with van der Waals surface area (Å²) in [6.45, 7) is 0. The van der Waals surface area contributed by atoms with Crippen LogP contribution >= 0.6 is 15.9 Å². The van der Waals surface area contributed by atoms with Crippen LogP contribution in [0.15, 0.2) is 22.7 Å². The summed E-state index contributed by atoms with van der Waals surface area (Å²) in [5.74, 6) is -0.186. The molecule has 1 amide bonds. The van der Waals surface area contributed by atoms with Gasteiger partial charge in [-0.2, -0.15) is 0 Å². The predicted molar refractivity (Wildman–Crippen MR) is 75.2 cm³/mol. The lowest BCUT2D eigenvalue weighted by atomic mass is 9.99. The molecule has 1 aromatic carbocycles. The highest BCUT2D eigenvalue weighted by Gasteiger charge is 2.41. The summed E-state index contributed by atoms with van der Waals surface area (Å²) in [5.41, 5.74) is 10.0. The van der Waals surface area contributed by atoms with Gasteiger partial charge in [0.2, 0.25) is 5.91 Å². The summed E-state index contributed by atoms with van der Waals surface area (Å²) in [5, 5.41) is 10.8. The van der Waals surface area contributed by atoms with E-state index in [1.165, 1.54) is 12.1 Å². The van der Waals surface area contributed by atoms with Gasteiger partial charge in [-0.25, -0.2) is 0 Å². The molecule has 0 saturated heterocycles. The Morgan fingerprint density at radius 2 is 2.20 bits per heavy atom. The summed E-state index contributed by atoms with van der Waals surface area (Å²) in [4.78, 5) is 21.5. The van der Waals surface area contributed by atoms with Crippen molar-refractivity contribution in [3.05, 3.63) is 32.8 Å². The minimum Gasteiger partial charge on any atom is -0.490 e. The Morgan fingerprint density at radius 1 is 1.50 bits per heavy atom. The van der Waals surface area contributed by atoms with Crippen LogP contribution < -0.4 is 16.2 Å². The Hall–Kier alpha value is -1.67. The Bertz CT molecular complexity index is 566. The van der Waals surface area contributed by atoms with Crippen molar-refractivity contribution in [3.63, 3.8) is 0 Å². The first-order valence-electron chi connectivity index (χ1n) is 6.00. The maximum Gasteiger partial charge on any atom is 0.274 e. The average molecular weight is 344 g/mol. The molecule has 0 spiro atoms.